The number of nitrogens with zero attached hydrogens (tertiary/aromatic N) is 4. The third-order valence-corrected chi connectivity index (χ3v) is 3.11. The molecule has 0 bridgehead atoms. The molecule has 3 rings (SSSR count). The fourth-order valence-corrected chi connectivity index (χ4v) is 2.09. The van der Waals surface area contributed by atoms with Gasteiger partial charge in [-0.05, 0) is 24.3 Å². The van der Waals surface area contributed by atoms with Crippen molar-refractivity contribution in [1.82, 2.24) is 20.0 Å². The highest BCUT2D eigenvalue weighted by Gasteiger charge is 2.43. The molecule has 0 fully saturated rings. The van der Waals surface area contributed by atoms with Crippen molar-refractivity contribution in [3.63, 3.8) is 0 Å². The number of alkyl halides is 1. The van der Waals surface area contributed by atoms with Crippen molar-refractivity contribution in [2.24, 2.45) is 0 Å². The van der Waals surface area contributed by atoms with E-state index >= 15 is 4.39 Å². The molecule has 2 aromatic heterocycles. The summed E-state index contributed by atoms with van der Waals surface area (Å²) in [7, 11) is 0. The highest BCUT2D eigenvalue weighted by Crippen LogP contribution is 2.30. The van der Waals surface area contributed by atoms with E-state index in [0.717, 1.165) is 4.68 Å². The van der Waals surface area contributed by atoms with Crippen LogP contribution in [0.25, 0.3) is 11.0 Å². The summed E-state index contributed by atoms with van der Waals surface area (Å²) in [4.78, 5) is 15.9. The van der Waals surface area contributed by atoms with Crippen LogP contribution in [-0.2, 0) is 10.6 Å². The lowest BCUT2D eigenvalue weighted by Gasteiger charge is -2.22. The topological polar surface area (TPSA) is 60.7 Å². The van der Waals surface area contributed by atoms with Gasteiger partial charge in [-0.2, -0.15) is 4.68 Å². The van der Waals surface area contributed by atoms with Crippen molar-refractivity contribution in [3.8, 4) is 0 Å². The van der Waals surface area contributed by atoms with Crippen molar-refractivity contribution in [3.05, 3.63) is 54.4 Å². The summed E-state index contributed by atoms with van der Waals surface area (Å²) in [6.07, 6.45) is 1.44. The van der Waals surface area contributed by atoms with Crippen LogP contribution in [0.5, 0.6) is 0 Å². The highest BCUT2D eigenvalue weighted by molar-refractivity contribution is 5.88. The van der Waals surface area contributed by atoms with Gasteiger partial charge in [0.1, 0.15) is 11.2 Å². The zero-order valence-corrected chi connectivity index (χ0v) is 10.7. The number of halogens is 1. The number of ketones is 1. The van der Waals surface area contributed by atoms with Crippen molar-refractivity contribution >= 4 is 16.8 Å². The Labute approximate surface area is 114 Å². The Balaban J connectivity index is 2.29. The lowest BCUT2D eigenvalue weighted by Crippen LogP contribution is -2.39. The van der Waals surface area contributed by atoms with E-state index in [1.54, 1.807) is 36.4 Å². The van der Waals surface area contributed by atoms with Crippen molar-refractivity contribution in [2.75, 3.05) is 0 Å². The van der Waals surface area contributed by atoms with Crippen LogP contribution in [0.15, 0.2) is 48.7 Å². The number of hydrogen-bond donors (Lipinski definition) is 0. The van der Waals surface area contributed by atoms with Gasteiger partial charge < -0.3 is 0 Å². The number of hydrogen-bond acceptors (Lipinski definition) is 4. The van der Waals surface area contributed by atoms with E-state index in [9.17, 15) is 4.79 Å². The Kier molecular flexibility index (Phi) is 2.78. The van der Waals surface area contributed by atoms with Gasteiger partial charge in [0.25, 0.3) is 0 Å². The minimum atomic E-state index is -2.46. The molecule has 0 saturated carbocycles. The molecule has 0 radical (unpaired) electrons. The number of carbonyl (C=O) groups excluding carboxylic acids is 1. The summed E-state index contributed by atoms with van der Waals surface area (Å²) in [5.74, 6) is -3.16. The number of para-hydroxylation sites is 1. The molecule has 20 heavy (non-hydrogen) atoms. The lowest BCUT2D eigenvalue weighted by molar-refractivity contribution is -0.131. The SMILES string of the molecule is CC(=O)C(F)(c1ccccn1)n1nnc2ccccc21. The van der Waals surface area contributed by atoms with Gasteiger partial charge in [-0.15, -0.1) is 5.10 Å². The molecule has 5 nitrogen and oxygen atoms in total. The first-order valence-corrected chi connectivity index (χ1v) is 6.06. The predicted molar refractivity (Wildman–Crippen MR) is 70.6 cm³/mol. The molecule has 0 amide bonds. The number of carbonyl (C=O) groups is 1. The van der Waals surface area contributed by atoms with Gasteiger partial charge in [-0.3, -0.25) is 9.78 Å². The predicted octanol–water partition coefficient (Wildman–Crippen LogP) is 2.09. The van der Waals surface area contributed by atoms with Gasteiger partial charge in [0.2, 0.25) is 0 Å². The smallest absolute Gasteiger partial charge is 0.294 e. The van der Waals surface area contributed by atoms with E-state index in [-0.39, 0.29) is 5.69 Å². The number of fused-ring (bicyclic) bond motifs is 1. The van der Waals surface area contributed by atoms with E-state index in [2.05, 4.69) is 15.3 Å². The monoisotopic (exact) mass is 270 g/mol. The summed E-state index contributed by atoms with van der Waals surface area (Å²) < 4.78 is 16.4. The molecule has 1 aromatic carbocycles. The zero-order chi connectivity index (χ0) is 14.2. The molecule has 0 aliphatic rings. The van der Waals surface area contributed by atoms with Crippen LogP contribution in [0.1, 0.15) is 12.6 Å². The van der Waals surface area contributed by atoms with E-state index in [4.69, 9.17) is 0 Å². The van der Waals surface area contributed by atoms with Crippen LogP contribution in [0, 0.1) is 0 Å². The van der Waals surface area contributed by atoms with Crippen LogP contribution in [-0.4, -0.2) is 25.8 Å². The average Bonchev–Trinajstić information content (AvgIpc) is 2.91. The van der Waals surface area contributed by atoms with Crippen molar-refractivity contribution in [1.29, 1.82) is 0 Å². The Hall–Kier alpha value is -2.63. The second-order valence-electron chi connectivity index (χ2n) is 4.38. The van der Waals surface area contributed by atoms with E-state index in [1.807, 2.05) is 0 Å². The molecule has 0 spiro atoms. The second kappa shape index (κ2) is 4.48. The molecule has 100 valence electrons. The number of rotatable bonds is 3. The summed E-state index contributed by atoms with van der Waals surface area (Å²) in [6, 6.07) is 11.6. The molecule has 0 N–H and O–H groups in total. The van der Waals surface area contributed by atoms with E-state index in [1.165, 1.54) is 19.2 Å². The lowest BCUT2D eigenvalue weighted by atomic mass is 10.1. The van der Waals surface area contributed by atoms with Gasteiger partial charge in [0.05, 0.1) is 5.52 Å². The number of benzene rings is 1. The summed E-state index contributed by atoms with van der Waals surface area (Å²) in [5, 5.41) is 7.68. The summed E-state index contributed by atoms with van der Waals surface area (Å²) in [6.45, 7) is 1.17. The van der Waals surface area contributed by atoms with Crippen LogP contribution < -0.4 is 0 Å². The molecular formula is C14H11FN4O. The fraction of sp³-hybridized carbons (Fsp3) is 0.143. The Morgan fingerprint density at radius 3 is 2.65 bits per heavy atom. The molecule has 0 aliphatic carbocycles. The van der Waals surface area contributed by atoms with E-state index < -0.39 is 11.6 Å². The minimum Gasteiger partial charge on any atom is -0.294 e. The molecular weight excluding hydrogens is 259 g/mol. The maximum Gasteiger partial charge on any atom is 0.303 e. The standard InChI is InChI=1S/C14H11FN4O/c1-10(20)14(15,13-8-4-5-9-16-13)19-12-7-3-2-6-11(12)17-18-19/h2-9H,1H3. The first kappa shape index (κ1) is 12.4. The minimum absolute atomic E-state index is 0.0110. The van der Waals surface area contributed by atoms with Gasteiger partial charge >= 0.3 is 5.79 Å². The molecule has 0 saturated heterocycles. The molecule has 6 heteroatoms. The number of pyridine rings is 1. The van der Waals surface area contributed by atoms with Crippen LogP contribution >= 0.6 is 0 Å². The van der Waals surface area contributed by atoms with Crippen LogP contribution in [0.4, 0.5) is 4.39 Å². The number of aromatic nitrogens is 4. The zero-order valence-electron chi connectivity index (χ0n) is 10.7. The molecule has 3 aromatic rings. The van der Waals surface area contributed by atoms with Crippen molar-refractivity contribution < 1.29 is 9.18 Å². The molecule has 2 heterocycles. The summed E-state index contributed by atoms with van der Waals surface area (Å²) in [5.41, 5.74) is 0.950. The quantitative estimate of drug-likeness (QED) is 0.731. The maximum absolute atomic E-state index is 15.4. The third kappa shape index (κ3) is 1.69. The first-order chi connectivity index (χ1) is 9.64. The fourth-order valence-electron chi connectivity index (χ4n) is 2.09. The third-order valence-electron chi connectivity index (χ3n) is 3.11. The largest absolute Gasteiger partial charge is 0.303 e. The van der Waals surface area contributed by atoms with E-state index in [0.29, 0.717) is 11.0 Å². The first-order valence-electron chi connectivity index (χ1n) is 6.06. The van der Waals surface area contributed by atoms with Gasteiger partial charge in [-0.1, -0.05) is 23.4 Å². The molecule has 0 aliphatic heterocycles. The van der Waals surface area contributed by atoms with Crippen molar-refractivity contribution in [2.45, 2.75) is 12.7 Å². The Morgan fingerprint density at radius 2 is 1.95 bits per heavy atom. The summed E-state index contributed by atoms with van der Waals surface area (Å²) >= 11 is 0. The highest BCUT2D eigenvalue weighted by atomic mass is 19.1. The Morgan fingerprint density at radius 1 is 1.20 bits per heavy atom. The van der Waals surface area contributed by atoms with Crippen LogP contribution in [0.2, 0.25) is 0 Å². The van der Waals surface area contributed by atoms with Gasteiger partial charge in [0.15, 0.2) is 5.78 Å². The number of Topliss-reactive ketones (excluding diaryl/α,β-unsaturated/α-hetero) is 1. The molecule has 1 unspecified atom stereocenters. The normalized spacial score (nSPS) is 14.1. The van der Waals surface area contributed by atoms with Gasteiger partial charge in [-0.25, -0.2) is 4.39 Å². The Bertz CT molecular complexity index is 771. The maximum atomic E-state index is 15.4. The van der Waals surface area contributed by atoms with Crippen LogP contribution in [0.3, 0.4) is 0 Å². The average molecular weight is 270 g/mol. The molecule has 1 atom stereocenters. The second-order valence-corrected chi connectivity index (χ2v) is 4.38. The van der Waals surface area contributed by atoms with Gasteiger partial charge in [0, 0.05) is 13.1 Å².